The Bertz CT molecular complexity index is 408. The van der Waals surface area contributed by atoms with Gasteiger partial charge in [0.1, 0.15) is 13.1 Å². The Kier molecular flexibility index (Phi) is 8.07. The van der Waals surface area contributed by atoms with Gasteiger partial charge in [-0.05, 0) is 19.4 Å². The summed E-state index contributed by atoms with van der Waals surface area (Å²) in [6.07, 6.45) is 4.04. The maximum absolute atomic E-state index is 2.42. The van der Waals surface area contributed by atoms with E-state index in [1.54, 1.807) is 9.80 Å². The molecule has 1 saturated heterocycles. The van der Waals surface area contributed by atoms with E-state index in [9.17, 15) is 0 Å². The van der Waals surface area contributed by atoms with Gasteiger partial charge >= 0.3 is 0 Å². The minimum atomic E-state index is 0.894. The van der Waals surface area contributed by atoms with Crippen LogP contribution < -0.4 is 14.7 Å². The predicted octanol–water partition coefficient (Wildman–Crippen LogP) is -1.28. The van der Waals surface area contributed by atoms with Crippen LogP contribution in [0.2, 0.25) is 0 Å². The molecule has 1 fully saturated rings. The highest BCUT2D eigenvalue weighted by Crippen LogP contribution is 1.99. The van der Waals surface area contributed by atoms with Crippen LogP contribution in [0.4, 0.5) is 0 Å². The van der Waals surface area contributed by atoms with Crippen LogP contribution in [0.1, 0.15) is 32.3 Å². The number of piperidine rings is 1. The molecule has 0 aliphatic carbocycles. The minimum Gasteiger partial charge on any atom is -0.334 e. The summed E-state index contributed by atoms with van der Waals surface area (Å²) in [6.45, 7) is 13.9. The van der Waals surface area contributed by atoms with Gasteiger partial charge in [-0.15, -0.1) is 0 Å². The molecule has 2 rings (SSSR count). The van der Waals surface area contributed by atoms with Crippen molar-refractivity contribution < 1.29 is 14.7 Å². The molecule has 1 unspecified atom stereocenters. The maximum atomic E-state index is 2.42. The molecule has 1 atom stereocenters. The number of nitrogens with one attached hydrogen (secondary N) is 3. The quantitative estimate of drug-likeness (QED) is 0.502. The average Bonchev–Trinajstić information content (AvgIpc) is 2.62. The lowest BCUT2D eigenvalue weighted by Gasteiger charge is -2.32. The lowest BCUT2D eigenvalue weighted by atomic mass is 10.0. The van der Waals surface area contributed by atoms with E-state index in [1.807, 2.05) is 4.90 Å². The molecule has 0 saturated carbocycles. The molecule has 1 heterocycles. The Morgan fingerprint density at radius 1 is 1.00 bits per heavy atom. The number of hydrogen-bond acceptors (Lipinski definition) is 0. The first-order valence-electron chi connectivity index (χ1n) is 9.76. The van der Waals surface area contributed by atoms with Crippen LogP contribution in [0.5, 0.6) is 0 Å². The molecular formula is C20H38N3+3. The number of likely N-dealkylation sites (tertiary alicyclic amines) is 1. The molecule has 1 aromatic rings. The Hall–Kier alpha value is -0.900. The van der Waals surface area contributed by atoms with Gasteiger partial charge in [-0.25, -0.2) is 0 Å². The summed E-state index contributed by atoms with van der Waals surface area (Å²) in [6, 6.07) is 11.9. The zero-order chi connectivity index (χ0) is 16.5. The molecule has 1 aliphatic rings. The fourth-order valence-electron chi connectivity index (χ4n) is 3.92. The molecule has 0 aromatic heterocycles. The molecule has 0 radical (unpaired) electrons. The fraction of sp³-hybridized carbons (Fsp3) is 0.700. The number of quaternary nitrogens is 3. The maximum Gasteiger partial charge on any atom is 0.127 e. The molecule has 1 aliphatic heterocycles. The lowest BCUT2D eigenvalue weighted by molar-refractivity contribution is -0.973. The van der Waals surface area contributed by atoms with Crippen LogP contribution in [0.3, 0.4) is 0 Å². The Balaban J connectivity index is 1.65. The minimum absolute atomic E-state index is 0.894. The van der Waals surface area contributed by atoms with E-state index < -0.39 is 0 Å². The third-order valence-electron chi connectivity index (χ3n) is 5.87. The average molecular weight is 321 g/mol. The Labute approximate surface area is 143 Å². The summed E-state index contributed by atoms with van der Waals surface area (Å²) in [5.74, 6) is 0. The first kappa shape index (κ1) is 18.4. The molecule has 1 aromatic carbocycles. The van der Waals surface area contributed by atoms with Crippen molar-refractivity contribution in [1.29, 1.82) is 0 Å². The second kappa shape index (κ2) is 10.1. The van der Waals surface area contributed by atoms with Crippen molar-refractivity contribution >= 4 is 0 Å². The summed E-state index contributed by atoms with van der Waals surface area (Å²) in [5.41, 5.74) is 1.49. The van der Waals surface area contributed by atoms with Crippen molar-refractivity contribution in [2.24, 2.45) is 0 Å². The molecule has 3 heteroatoms. The highest BCUT2D eigenvalue weighted by molar-refractivity contribution is 5.14. The van der Waals surface area contributed by atoms with E-state index >= 15 is 0 Å². The van der Waals surface area contributed by atoms with Crippen LogP contribution in [0.25, 0.3) is 0 Å². The number of hydrogen-bond donors (Lipinski definition) is 3. The third-order valence-corrected chi connectivity index (χ3v) is 5.87. The van der Waals surface area contributed by atoms with Crippen molar-refractivity contribution in [2.75, 3.05) is 52.9 Å². The number of rotatable bonds is 9. The van der Waals surface area contributed by atoms with Crippen molar-refractivity contribution in [3.63, 3.8) is 0 Å². The topological polar surface area (TPSA) is 13.3 Å². The predicted molar refractivity (Wildman–Crippen MR) is 97.4 cm³/mol. The lowest BCUT2D eigenvalue weighted by Crippen LogP contribution is -3.22. The van der Waals surface area contributed by atoms with Crippen molar-refractivity contribution in [3.05, 3.63) is 35.9 Å². The summed E-state index contributed by atoms with van der Waals surface area (Å²) >= 11 is 0. The number of benzene rings is 1. The Morgan fingerprint density at radius 2 is 1.65 bits per heavy atom. The second-order valence-corrected chi connectivity index (χ2v) is 7.31. The SMILES string of the molecule is CC[NH+](CC)CC[NH+](C)C1CC[NH+](CCc2ccccc2)CC1. The van der Waals surface area contributed by atoms with E-state index in [2.05, 4.69) is 51.2 Å². The van der Waals surface area contributed by atoms with E-state index in [0.29, 0.717) is 0 Å². The zero-order valence-corrected chi connectivity index (χ0v) is 15.5. The summed E-state index contributed by atoms with van der Waals surface area (Å²) < 4.78 is 0. The van der Waals surface area contributed by atoms with Gasteiger partial charge in [-0.3, -0.25) is 0 Å². The zero-order valence-electron chi connectivity index (χ0n) is 15.5. The van der Waals surface area contributed by atoms with Gasteiger partial charge in [-0.1, -0.05) is 30.3 Å². The summed E-state index contributed by atoms with van der Waals surface area (Å²) in [5, 5.41) is 0. The Morgan fingerprint density at radius 3 is 2.26 bits per heavy atom. The van der Waals surface area contributed by atoms with Crippen LogP contribution in [0, 0.1) is 0 Å². The molecule has 3 N–H and O–H groups in total. The van der Waals surface area contributed by atoms with Gasteiger partial charge in [0.2, 0.25) is 0 Å². The van der Waals surface area contributed by atoms with Gasteiger partial charge in [0, 0.05) is 19.3 Å². The monoisotopic (exact) mass is 320 g/mol. The highest BCUT2D eigenvalue weighted by atomic mass is 15.2. The van der Waals surface area contributed by atoms with Gasteiger partial charge in [0.15, 0.2) is 0 Å². The van der Waals surface area contributed by atoms with Crippen LogP contribution in [-0.4, -0.2) is 58.9 Å². The molecule has 0 spiro atoms. The van der Waals surface area contributed by atoms with Gasteiger partial charge in [0.25, 0.3) is 0 Å². The van der Waals surface area contributed by atoms with E-state index in [4.69, 9.17) is 0 Å². The smallest absolute Gasteiger partial charge is 0.127 e. The van der Waals surface area contributed by atoms with E-state index in [1.165, 1.54) is 70.6 Å². The first-order valence-corrected chi connectivity index (χ1v) is 9.76. The van der Waals surface area contributed by atoms with Crippen LogP contribution in [-0.2, 0) is 6.42 Å². The fourth-order valence-corrected chi connectivity index (χ4v) is 3.92. The van der Waals surface area contributed by atoms with Gasteiger partial charge in [-0.2, -0.15) is 0 Å². The van der Waals surface area contributed by atoms with E-state index in [-0.39, 0.29) is 0 Å². The van der Waals surface area contributed by atoms with Crippen molar-refractivity contribution in [2.45, 2.75) is 39.2 Å². The molecule has 0 bridgehead atoms. The van der Waals surface area contributed by atoms with Crippen molar-refractivity contribution in [1.82, 2.24) is 0 Å². The standard InChI is InChI=1S/C20H35N3/c1-4-22(5-2)18-17-21(3)20-12-15-23(16-13-20)14-11-19-9-7-6-8-10-19/h6-10,20H,4-5,11-18H2,1-3H3/p+3. The molecular weight excluding hydrogens is 282 g/mol. The van der Waals surface area contributed by atoms with Gasteiger partial charge < -0.3 is 14.7 Å². The van der Waals surface area contributed by atoms with Crippen LogP contribution >= 0.6 is 0 Å². The highest BCUT2D eigenvalue weighted by Gasteiger charge is 2.27. The first-order chi connectivity index (χ1) is 11.2. The van der Waals surface area contributed by atoms with Crippen LogP contribution in [0.15, 0.2) is 30.3 Å². The normalized spacial score (nSPS) is 23.1. The molecule has 130 valence electrons. The molecule has 0 amide bonds. The largest absolute Gasteiger partial charge is 0.334 e. The van der Waals surface area contributed by atoms with Crippen molar-refractivity contribution in [3.8, 4) is 0 Å². The molecule has 3 nitrogen and oxygen atoms in total. The second-order valence-electron chi connectivity index (χ2n) is 7.31. The van der Waals surface area contributed by atoms with E-state index in [0.717, 1.165) is 6.04 Å². The summed E-state index contributed by atoms with van der Waals surface area (Å²) in [4.78, 5) is 5.33. The van der Waals surface area contributed by atoms with Gasteiger partial charge in [0.05, 0.1) is 45.8 Å². The number of likely N-dealkylation sites (N-methyl/N-ethyl adjacent to an activating group) is 2. The molecule has 23 heavy (non-hydrogen) atoms. The summed E-state index contributed by atoms with van der Waals surface area (Å²) in [7, 11) is 2.42. The third kappa shape index (κ3) is 6.25.